The smallest absolute Gasteiger partial charge is 0.240 e. The van der Waals surface area contributed by atoms with Crippen molar-refractivity contribution in [1.82, 2.24) is 4.98 Å². The summed E-state index contributed by atoms with van der Waals surface area (Å²) in [5, 5.41) is 2.75. The molecular weight excluding hydrogens is 278 g/mol. The number of benzene rings is 1. The van der Waals surface area contributed by atoms with Crippen LogP contribution in [0.5, 0.6) is 0 Å². The van der Waals surface area contributed by atoms with E-state index in [0.717, 1.165) is 16.8 Å². The lowest BCUT2D eigenvalue weighted by Gasteiger charge is -2.10. The second kappa shape index (κ2) is 6.54. The Morgan fingerprint density at radius 2 is 2.10 bits per heavy atom. The summed E-state index contributed by atoms with van der Waals surface area (Å²) in [6, 6.07) is 5.02. The Hall–Kier alpha value is -1.85. The van der Waals surface area contributed by atoms with E-state index in [9.17, 15) is 4.79 Å². The lowest BCUT2D eigenvalue weighted by Crippen LogP contribution is -2.32. The number of aryl methyl sites for hydroxylation is 2. The molecule has 1 atom stereocenters. The Balaban J connectivity index is 0.00000200. The summed E-state index contributed by atoms with van der Waals surface area (Å²) in [6.45, 7) is 5.47. The third-order valence-corrected chi connectivity index (χ3v) is 2.77. The van der Waals surface area contributed by atoms with Crippen molar-refractivity contribution in [3.05, 3.63) is 35.7 Å². The molecule has 1 aromatic heterocycles. The number of nitrogens with zero attached hydrogens (tertiary/aromatic N) is 1. The summed E-state index contributed by atoms with van der Waals surface area (Å²) in [7, 11) is 0. The highest BCUT2D eigenvalue weighted by molar-refractivity contribution is 5.94. The molecule has 0 saturated carbocycles. The van der Waals surface area contributed by atoms with Crippen LogP contribution in [0.2, 0.25) is 0 Å². The molecule has 5 nitrogen and oxygen atoms in total. The standard InChI is InChI=1S/C14H17N3O2.ClH/c1-8-4-5-11(17-13(18)10(3)15)6-12(8)14-16-9(2)7-19-14;/h4-7,10H,15H2,1-3H3,(H,17,18);1H/t10-;/m0./s1. The fourth-order valence-corrected chi connectivity index (χ4v) is 1.66. The maximum absolute atomic E-state index is 11.6. The van der Waals surface area contributed by atoms with Gasteiger partial charge in [0.2, 0.25) is 11.8 Å². The van der Waals surface area contributed by atoms with Gasteiger partial charge in [-0.15, -0.1) is 12.4 Å². The summed E-state index contributed by atoms with van der Waals surface area (Å²) in [4.78, 5) is 15.9. The van der Waals surface area contributed by atoms with Gasteiger partial charge in [-0.2, -0.15) is 0 Å². The molecule has 0 aliphatic carbocycles. The molecule has 2 aromatic rings. The maximum Gasteiger partial charge on any atom is 0.240 e. The van der Waals surface area contributed by atoms with Gasteiger partial charge in [-0.3, -0.25) is 4.79 Å². The van der Waals surface area contributed by atoms with Crippen molar-refractivity contribution in [2.24, 2.45) is 5.73 Å². The first-order chi connectivity index (χ1) is 8.97. The first-order valence-electron chi connectivity index (χ1n) is 6.07. The molecule has 0 unspecified atom stereocenters. The lowest BCUT2D eigenvalue weighted by molar-refractivity contribution is -0.117. The minimum atomic E-state index is -0.547. The quantitative estimate of drug-likeness (QED) is 0.912. The molecule has 0 spiro atoms. The van der Waals surface area contributed by atoms with E-state index in [0.29, 0.717) is 11.6 Å². The van der Waals surface area contributed by atoms with E-state index in [1.165, 1.54) is 0 Å². The normalized spacial score (nSPS) is 11.6. The molecule has 6 heteroatoms. The van der Waals surface area contributed by atoms with Crippen molar-refractivity contribution in [1.29, 1.82) is 0 Å². The number of carbonyl (C=O) groups excluding carboxylic acids is 1. The zero-order valence-corrected chi connectivity index (χ0v) is 12.5. The van der Waals surface area contributed by atoms with Crippen molar-refractivity contribution in [2.45, 2.75) is 26.8 Å². The number of oxazole rings is 1. The molecule has 0 aliphatic rings. The number of anilines is 1. The molecule has 3 N–H and O–H groups in total. The van der Waals surface area contributed by atoms with Gasteiger partial charge in [0.1, 0.15) is 6.26 Å². The Kier molecular flexibility index (Phi) is 5.30. The highest BCUT2D eigenvalue weighted by atomic mass is 35.5. The fraction of sp³-hybridized carbons (Fsp3) is 0.286. The molecule has 1 amide bonds. The Bertz CT molecular complexity index is 608. The summed E-state index contributed by atoms with van der Waals surface area (Å²) < 4.78 is 5.39. The highest BCUT2D eigenvalue weighted by Gasteiger charge is 2.12. The van der Waals surface area contributed by atoms with Crippen LogP contribution in [0.4, 0.5) is 5.69 Å². The van der Waals surface area contributed by atoms with Crippen LogP contribution >= 0.6 is 12.4 Å². The molecule has 0 bridgehead atoms. The number of nitrogens with one attached hydrogen (secondary N) is 1. The van der Waals surface area contributed by atoms with Crippen LogP contribution in [0.3, 0.4) is 0 Å². The number of hydrogen-bond donors (Lipinski definition) is 2. The predicted molar refractivity (Wildman–Crippen MR) is 80.9 cm³/mol. The predicted octanol–water partition coefficient (Wildman–Crippen LogP) is 2.67. The molecule has 0 fully saturated rings. The van der Waals surface area contributed by atoms with Crippen molar-refractivity contribution < 1.29 is 9.21 Å². The third kappa shape index (κ3) is 3.59. The van der Waals surface area contributed by atoms with E-state index in [4.69, 9.17) is 10.2 Å². The number of nitrogens with two attached hydrogens (primary N) is 1. The van der Waals surface area contributed by atoms with Gasteiger partial charge < -0.3 is 15.5 Å². The average Bonchev–Trinajstić information content (AvgIpc) is 2.78. The SMILES string of the molecule is Cc1coc(-c2cc(NC(=O)[C@H](C)N)ccc2C)n1.Cl. The van der Waals surface area contributed by atoms with E-state index >= 15 is 0 Å². The van der Waals surface area contributed by atoms with E-state index in [1.807, 2.05) is 32.0 Å². The number of hydrogen-bond acceptors (Lipinski definition) is 4. The summed E-state index contributed by atoms with van der Waals surface area (Å²) in [5.41, 5.74) is 8.91. The van der Waals surface area contributed by atoms with Crippen LogP contribution in [0.15, 0.2) is 28.9 Å². The van der Waals surface area contributed by atoms with Crippen LogP contribution in [0.1, 0.15) is 18.2 Å². The van der Waals surface area contributed by atoms with Crippen LogP contribution in [-0.4, -0.2) is 16.9 Å². The van der Waals surface area contributed by atoms with E-state index in [2.05, 4.69) is 10.3 Å². The van der Waals surface area contributed by atoms with Crippen LogP contribution in [-0.2, 0) is 4.79 Å². The first-order valence-corrected chi connectivity index (χ1v) is 6.07. The molecule has 2 rings (SSSR count). The minimum Gasteiger partial charge on any atom is -0.444 e. The molecule has 1 aromatic carbocycles. The summed E-state index contributed by atoms with van der Waals surface area (Å²) in [5.74, 6) is 0.324. The second-order valence-corrected chi connectivity index (χ2v) is 4.60. The number of aromatic nitrogens is 1. The van der Waals surface area contributed by atoms with Crippen LogP contribution in [0, 0.1) is 13.8 Å². The zero-order valence-electron chi connectivity index (χ0n) is 11.6. The number of amides is 1. The van der Waals surface area contributed by atoms with Gasteiger partial charge in [0.15, 0.2) is 0 Å². The van der Waals surface area contributed by atoms with Gasteiger partial charge in [0, 0.05) is 11.3 Å². The molecule has 0 saturated heterocycles. The van der Waals surface area contributed by atoms with Gasteiger partial charge in [-0.05, 0) is 38.5 Å². The van der Waals surface area contributed by atoms with Gasteiger partial charge >= 0.3 is 0 Å². The van der Waals surface area contributed by atoms with Crippen molar-refractivity contribution >= 4 is 24.0 Å². The van der Waals surface area contributed by atoms with Crippen molar-refractivity contribution in [3.8, 4) is 11.5 Å². The fourth-order valence-electron chi connectivity index (χ4n) is 1.66. The topological polar surface area (TPSA) is 81.2 Å². The average molecular weight is 296 g/mol. The van der Waals surface area contributed by atoms with Crippen LogP contribution in [0.25, 0.3) is 11.5 Å². The number of rotatable bonds is 3. The van der Waals surface area contributed by atoms with E-state index < -0.39 is 6.04 Å². The lowest BCUT2D eigenvalue weighted by atomic mass is 10.1. The Morgan fingerprint density at radius 3 is 2.65 bits per heavy atom. The van der Waals surface area contributed by atoms with Crippen molar-refractivity contribution in [3.63, 3.8) is 0 Å². The van der Waals surface area contributed by atoms with Gasteiger partial charge in [-0.25, -0.2) is 4.98 Å². The zero-order chi connectivity index (χ0) is 14.0. The van der Waals surface area contributed by atoms with Crippen molar-refractivity contribution in [2.75, 3.05) is 5.32 Å². The van der Waals surface area contributed by atoms with E-state index in [1.54, 1.807) is 13.2 Å². The number of carbonyl (C=O) groups is 1. The van der Waals surface area contributed by atoms with Crippen LogP contribution < -0.4 is 11.1 Å². The molecule has 108 valence electrons. The number of halogens is 1. The monoisotopic (exact) mass is 295 g/mol. The molecule has 0 aliphatic heterocycles. The third-order valence-electron chi connectivity index (χ3n) is 2.77. The molecule has 1 heterocycles. The van der Waals surface area contributed by atoms with Gasteiger partial charge in [0.05, 0.1) is 11.7 Å². The molecular formula is C14H18ClN3O2. The Morgan fingerprint density at radius 1 is 1.40 bits per heavy atom. The van der Waals surface area contributed by atoms with Gasteiger partial charge in [0.25, 0.3) is 0 Å². The maximum atomic E-state index is 11.6. The molecule has 0 radical (unpaired) electrons. The first kappa shape index (κ1) is 16.2. The second-order valence-electron chi connectivity index (χ2n) is 4.60. The van der Waals surface area contributed by atoms with Gasteiger partial charge in [-0.1, -0.05) is 6.07 Å². The van der Waals surface area contributed by atoms with E-state index in [-0.39, 0.29) is 18.3 Å². The minimum absolute atomic E-state index is 0. The highest BCUT2D eigenvalue weighted by Crippen LogP contribution is 2.26. The molecule has 20 heavy (non-hydrogen) atoms. The summed E-state index contributed by atoms with van der Waals surface area (Å²) in [6.07, 6.45) is 1.60. The Labute approximate surface area is 124 Å². The summed E-state index contributed by atoms with van der Waals surface area (Å²) >= 11 is 0. The largest absolute Gasteiger partial charge is 0.444 e.